The number of likely N-dealkylation sites (N-methyl/N-ethyl adjacent to an activating group) is 1. The van der Waals surface area contributed by atoms with Gasteiger partial charge < -0.3 is 9.90 Å². The predicted octanol–water partition coefficient (Wildman–Crippen LogP) is -2.78. The summed E-state index contributed by atoms with van der Waals surface area (Å²) >= 11 is 0. The third-order valence-corrected chi connectivity index (χ3v) is 4.23. The average molecular weight is 371 g/mol. The fraction of sp³-hybridized carbons (Fsp3) is 0.875. The molecule has 0 saturated heterocycles. The van der Waals surface area contributed by atoms with Crippen LogP contribution in [0.2, 0.25) is 0 Å². The molecule has 0 aliphatic heterocycles. The van der Waals surface area contributed by atoms with Crippen molar-refractivity contribution in [3.05, 3.63) is 0 Å². The molecule has 0 atom stereocenters. The second-order valence-corrected chi connectivity index (χ2v) is 6.19. The van der Waals surface area contributed by atoms with E-state index in [1.165, 1.54) is 0 Å². The van der Waals surface area contributed by atoms with Crippen LogP contribution in [0.4, 0.5) is 30.7 Å². The maximum atomic E-state index is 13.2. The smallest absolute Gasteiger partial charge is 0.549 e. The molecule has 0 bridgehead atoms. The van der Waals surface area contributed by atoms with Gasteiger partial charge in [0, 0.05) is 13.5 Å². The van der Waals surface area contributed by atoms with Crippen molar-refractivity contribution in [3.8, 4) is 0 Å². The summed E-state index contributed by atoms with van der Waals surface area (Å²) in [5.41, 5.74) is -5.71. The molecule has 0 heterocycles. The molecule has 0 aliphatic carbocycles. The van der Waals surface area contributed by atoms with Crippen LogP contribution in [0.3, 0.4) is 0 Å². The Balaban J connectivity index is 0. The number of hydrogen-bond donors (Lipinski definition) is 0. The minimum absolute atomic E-state index is 0. The van der Waals surface area contributed by atoms with E-state index in [0.717, 1.165) is 0 Å². The SMILES string of the molecule is CN(CC(=O)[O-])S(=O)(=O)CCC(F)(C(F)(F)F)C(F)(F)F.[Na+]. The number of carboxylic acids is 1. The monoisotopic (exact) mass is 371 g/mol. The maximum Gasteiger partial charge on any atom is 1.00 e. The Bertz CT molecular complexity index is 476. The van der Waals surface area contributed by atoms with Gasteiger partial charge in [-0.15, -0.1) is 0 Å². The first-order valence-electron chi connectivity index (χ1n) is 5.01. The van der Waals surface area contributed by atoms with Gasteiger partial charge in [-0.2, -0.15) is 30.6 Å². The van der Waals surface area contributed by atoms with Crippen LogP contribution in [-0.4, -0.2) is 56.1 Å². The van der Waals surface area contributed by atoms with Crippen molar-refractivity contribution >= 4 is 16.0 Å². The predicted molar refractivity (Wildman–Crippen MR) is 52.0 cm³/mol. The summed E-state index contributed by atoms with van der Waals surface area (Å²) in [6, 6.07) is 0. The Labute approximate surface area is 142 Å². The van der Waals surface area contributed by atoms with E-state index >= 15 is 0 Å². The first-order chi connectivity index (χ1) is 9.04. The number of nitrogens with zero attached hydrogens (tertiary/aromatic N) is 1. The van der Waals surface area contributed by atoms with Crippen molar-refractivity contribution in [2.45, 2.75) is 24.4 Å². The molecule has 0 aromatic carbocycles. The van der Waals surface area contributed by atoms with Gasteiger partial charge in [0.2, 0.25) is 10.0 Å². The molecule has 5 nitrogen and oxygen atoms in total. The van der Waals surface area contributed by atoms with Crippen molar-refractivity contribution < 1.29 is 78.6 Å². The molecule has 0 saturated carbocycles. The van der Waals surface area contributed by atoms with Gasteiger partial charge in [0.1, 0.15) is 0 Å². The van der Waals surface area contributed by atoms with Gasteiger partial charge in [0.25, 0.3) is 5.67 Å². The van der Waals surface area contributed by atoms with Gasteiger partial charge in [-0.1, -0.05) is 0 Å². The average Bonchev–Trinajstić information content (AvgIpc) is 2.21. The van der Waals surface area contributed by atoms with Crippen molar-refractivity contribution in [2.24, 2.45) is 0 Å². The third kappa shape index (κ3) is 5.83. The van der Waals surface area contributed by atoms with Crippen LogP contribution in [0.5, 0.6) is 0 Å². The topological polar surface area (TPSA) is 77.5 Å². The van der Waals surface area contributed by atoms with Crippen LogP contribution in [-0.2, 0) is 14.8 Å². The summed E-state index contributed by atoms with van der Waals surface area (Å²) in [7, 11) is -4.25. The van der Waals surface area contributed by atoms with E-state index in [9.17, 15) is 49.1 Å². The summed E-state index contributed by atoms with van der Waals surface area (Å²) in [6.07, 6.45) is -15.2. The number of aliphatic carboxylic acids is 1. The van der Waals surface area contributed by atoms with Gasteiger partial charge in [-0.25, -0.2) is 12.8 Å². The quantitative estimate of drug-likeness (QED) is 0.374. The first-order valence-corrected chi connectivity index (χ1v) is 6.62. The van der Waals surface area contributed by atoms with E-state index in [0.29, 0.717) is 7.05 Å². The Morgan fingerprint density at radius 3 is 1.68 bits per heavy atom. The Hall–Kier alpha value is -0.110. The first kappa shape index (κ1) is 24.1. The summed E-state index contributed by atoms with van der Waals surface area (Å²) in [5, 5.41) is 10.1. The minimum Gasteiger partial charge on any atom is -0.549 e. The summed E-state index contributed by atoms with van der Waals surface area (Å²) in [6.45, 7) is -1.29. The zero-order valence-corrected chi connectivity index (χ0v) is 14.1. The van der Waals surface area contributed by atoms with Gasteiger partial charge in [0.15, 0.2) is 0 Å². The number of rotatable bonds is 6. The number of halogens is 7. The normalized spacial score (nSPS) is 13.9. The fourth-order valence-electron chi connectivity index (χ4n) is 1.15. The van der Waals surface area contributed by atoms with Gasteiger partial charge in [-0.3, -0.25) is 0 Å². The number of hydrogen-bond acceptors (Lipinski definition) is 4. The molecule has 126 valence electrons. The molecule has 0 rings (SSSR count). The van der Waals surface area contributed by atoms with E-state index in [1.54, 1.807) is 0 Å². The molecule has 0 fully saturated rings. The number of carbonyl (C=O) groups is 1. The van der Waals surface area contributed by atoms with E-state index in [2.05, 4.69) is 0 Å². The number of sulfonamides is 1. The Morgan fingerprint density at radius 2 is 1.41 bits per heavy atom. The molecule has 0 radical (unpaired) electrons. The Morgan fingerprint density at radius 1 is 1.05 bits per heavy atom. The van der Waals surface area contributed by atoms with E-state index < -0.39 is 52.7 Å². The number of carbonyl (C=O) groups excluding carboxylic acids is 1. The van der Waals surface area contributed by atoms with E-state index in [-0.39, 0.29) is 33.9 Å². The molecule has 0 amide bonds. The van der Waals surface area contributed by atoms with Crippen LogP contribution in [0, 0.1) is 0 Å². The molecule has 0 unspecified atom stereocenters. The molecule has 14 heteroatoms. The van der Waals surface area contributed by atoms with Crippen molar-refractivity contribution in [3.63, 3.8) is 0 Å². The van der Waals surface area contributed by atoms with Crippen LogP contribution >= 0.6 is 0 Å². The molecule has 0 aromatic rings. The second-order valence-electron chi connectivity index (χ2n) is 3.99. The zero-order valence-electron chi connectivity index (χ0n) is 11.3. The maximum absolute atomic E-state index is 13.2. The van der Waals surface area contributed by atoms with E-state index in [1.807, 2.05) is 0 Å². The largest absolute Gasteiger partial charge is 1.00 e. The van der Waals surface area contributed by atoms with E-state index in [4.69, 9.17) is 0 Å². The molecule has 0 spiro atoms. The van der Waals surface area contributed by atoms with Crippen molar-refractivity contribution in [2.75, 3.05) is 19.3 Å². The second kappa shape index (κ2) is 7.64. The summed E-state index contributed by atoms with van der Waals surface area (Å²) in [5.74, 6) is -3.81. The standard InChI is InChI=1S/C8H10F7NO4S.Na/c1-16(4-5(17)18)21(19,20)3-2-6(9,7(10,11)12)8(13,14)15;/h2-4H2,1H3,(H,17,18);/q;+1/p-1. The summed E-state index contributed by atoms with van der Waals surface area (Å²) in [4.78, 5) is 10.1. The molecule has 0 aromatic heterocycles. The van der Waals surface area contributed by atoms with Crippen LogP contribution in [0.25, 0.3) is 0 Å². The van der Waals surface area contributed by atoms with Crippen LogP contribution < -0.4 is 34.7 Å². The molecule has 0 N–H and O–H groups in total. The molecular weight excluding hydrogens is 362 g/mol. The van der Waals surface area contributed by atoms with Crippen molar-refractivity contribution in [1.29, 1.82) is 0 Å². The third-order valence-electron chi connectivity index (χ3n) is 2.43. The van der Waals surface area contributed by atoms with Crippen LogP contribution in [0.15, 0.2) is 0 Å². The Kier molecular flexibility index (Phi) is 8.39. The van der Waals surface area contributed by atoms with Gasteiger partial charge >= 0.3 is 41.9 Å². The number of carboxylic acid groups (broad SMARTS) is 1. The molecule has 0 aliphatic rings. The summed E-state index contributed by atoms with van der Waals surface area (Å²) < 4.78 is 109. The fourth-order valence-corrected chi connectivity index (χ4v) is 2.30. The zero-order chi connectivity index (χ0) is 17.3. The van der Waals surface area contributed by atoms with Crippen LogP contribution in [0.1, 0.15) is 6.42 Å². The molecular formula is C8H9F7NNaO4S. The number of alkyl halides is 7. The van der Waals surface area contributed by atoms with Crippen molar-refractivity contribution in [1.82, 2.24) is 4.31 Å². The minimum atomic E-state index is -6.37. The van der Waals surface area contributed by atoms with Gasteiger partial charge in [0.05, 0.1) is 18.3 Å². The van der Waals surface area contributed by atoms with Gasteiger partial charge in [-0.05, 0) is 0 Å². The molecule has 22 heavy (non-hydrogen) atoms.